The van der Waals surface area contributed by atoms with Crippen LogP contribution in [0.1, 0.15) is 18.7 Å². The smallest absolute Gasteiger partial charge is 0.147 e. The molecular formula is C10H16O2S. The van der Waals surface area contributed by atoms with Crippen LogP contribution in [-0.2, 0) is 15.9 Å². The first-order valence-electron chi connectivity index (χ1n) is 4.29. The Labute approximate surface area is 83.5 Å². The monoisotopic (exact) mass is 200 g/mol. The predicted octanol–water partition coefficient (Wildman–Crippen LogP) is 2.69. The van der Waals surface area contributed by atoms with Gasteiger partial charge in [0.05, 0.1) is 5.60 Å². The van der Waals surface area contributed by atoms with Crippen molar-refractivity contribution in [1.29, 1.82) is 0 Å². The minimum Gasteiger partial charge on any atom is -0.359 e. The van der Waals surface area contributed by atoms with E-state index in [1.807, 2.05) is 0 Å². The van der Waals surface area contributed by atoms with Gasteiger partial charge in [0.1, 0.15) is 6.79 Å². The summed E-state index contributed by atoms with van der Waals surface area (Å²) in [5, 5.41) is 2.09. The third kappa shape index (κ3) is 3.89. The SMILES string of the molecule is COCOC(C)(C)Cc1cccs1. The molecule has 13 heavy (non-hydrogen) atoms. The molecule has 0 atom stereocenters. The fourth-order valence-corrected chi connectivity index (χ4v) is 2.02. The fourth-order valence-electron chi connectivity index (χ4n) is 1.10. The van der Waals surface area contributed by atoms with E-state index in [0.717, 1.165) is 6.42 Å². The molecule has 0 spiro atoms. The van der Waals surface area contributed by atoms with Gasteiger partial charge in [0.25, 0.3) is 0 Å². The predicted molar refractivity (Wildman–Crippen MR) is 55.1 cm³/mol. The van der Waals surface area contributed by atoms with Crippen molar-refractivity contribution in [3.8, 4) is 0 Å². The first-order valence-corrected chi connectivity index (χ1v) is 5.17. The van der Waals surface area contributed by atoms with E-state index in [2.05, 4.69) is 31.4 Å². The second-order valence-electron chi connectivity index (χ2n) is 3.57. The van der Waals surface area contributed by atoms with E-state index in [0.29, 0.717) is 6.79 Å². The highest BCUT2D eigenvalue weighted by atomic mass is 32.1. The molecular weight excluding hydrogens is 184 g/mol. The molecule has 0 aromatic carbocycles. The van der Waals surface area contributed by atoms with Gasteiger partial charge in [-0.3, -0.25) is 0 Å². The molecule has 74 valence electrons. The average Bonchev–Trinajstić information content (AvgIpc) is 2.52. The van der Waals surface area contributed by atoms with Crippen LogP contribution in [-0.4, -0.2) is 19.5 Å². The number of rotatable bonds is 5. The van der Waals surface area contributed by atoms with Crippen LogP contribution in [0.15, 0.2) is 17.5 Å². The maximum Gasteiger partial charge on any atom is 0.147 e. The fraction of sp³-hybridized carbons (Fsp3) is 0.600. The van der Waals surface area contributed by atoms with Crippen LogP contribution in [0.5, 0.6) is 0 Å². The van der Waals surface area contributed by atoms with Gasteiger partial charge in [0.2, 0.25) is 0 Å². The van der Waals surface area contributed by atoms with Gasteiger partial charge in [-0.05, 0) is 25.3 Å². The van der Waals surface area contributed by atoms with E-state index in [-0.39, 0.29) is 5.60 Å². The van der Waals surface area contributed by atoms with E-state index in [1.54, 1.807) is 18.4 Å². The summed E-state index contributed by atoms with van der Waals surface area (Å²) in [5.74, 6) is 0. The molecule has 0 aliphatic heterocycles. The quantitative estimate of drug-likeness (QED) is 0.680. The highest BCUT2D eigenvalue weighted by Gasteiger charge is 2.19. The van der Waals surface area contributed by atoms with Crippen molar-refractivity contribution in [1.82, 2.24) is 0 Å². The number of hydrogen-bond donors (Lipinski definition) is 0. The van der Waals surface area contributed by atoms with Crippen molar-refractivity contribution in [3.05, 3.63) is 22.4 Å². The van der Waals surface area contributed by atoms with Crippen LogP contribution in [0.4, 0.5) is 0 Å². The molecule has 0 aliphatic carbocycles. The van der Waals surface area contributed by atoms with Crippen LogP contribution in [0, 0.1) is 0 Å². The molecule has 0 saturated carbocycles. The van der Waals surface area contributed by atoms with Crippen molar-refractivity contribution in [3.63, 3.8) is 0 Å². The minimum atomic E-state index is -0.138. The topological polar surface area (TPSA) is 18.5 Å². The molecule has 0 amide bonds. The van der Waals surface area contributed by atoms with Crippen LogP contribution in [0.3, 0.4) is 0 Å². The standard InChI is InChI=1S/C10H16O2S/c1-10(2,12-8-11-3)7-9-5-4-6-13-9/h4-6H,7-8H2,1-3H3. The normalized spacial score (nSPS) is 11.9. The average molecular weight is 200 g/mol. The largest absolute Gasteiger partial charge is 0.359 e. The summed E-state index contributed by atoms with van der Waals surface area (Å²) in [6, 6.07) is 4.19. The second kappa shape index (κ2) is 4.74. The molecule has 0 radical (unpaired) electrons. The first kappa shape index (κ1) is 10.7. The Morgan fingerprint density at radius 2 is 2.23 bits per heavy atom. The molecule has 3 heteroatoms. The minimum absolute atomic E-state index is 0.138. The highest BCUT2D eigenvalue weighted by molar-refractivity contribution is 7.09. The number of hydrogen-bond acceptors (Lipinski definition) is 3. The Kier molecular flexibility index (Phi) is 3.90. The van der Waals surface area contributed by atoms with Crippen molar-refractivity contribution in [2.45, 2.75) is 25.9 Å². The summed E-state index contributed by atoms with van der Waals surface area (Å²) in [5.41, 5.74) is -0.138. The zero-order valence-corrected chi connectivity index (χ0v) is 9.19. The summed E-state index contributed by atoms with van der Waals surface area (Å²) < 4.78 is 10.4. The van der Waals surface area contributed by atoms with E-state index < -0.39 is 0 Å². The number of methoxy groups -OCH3 is 1. The molecule has 2 nitrogen and oxygen atoms in total. The third-order valence-corrected chi connectivity index (χ3v) is 2.62. The van der Waals surface area contributed by atoms with Crippen LogP contribution >= 0.6 is 11.3 Å². The Morgan fingerprint density at radius 3 is 2.77 bits per heavy atom. The number of ether oxygens (including phenoxy) is 2. The highest BCUT2D eigenvalue weighted by Crippen LogP contribution is 2.20. The van der Waals surface area contributed by atoms with Gasteiger partial charge in [-0.1, -0.05) is 6.07 Å². The second-order valence-corrected chi connectivity index (χ2v) is 4.60. The van der Waals surface area contributed by atoms with Gasteiger partial charge in [-0.25, -0.2) is 0 Å². The van der Waals surface area contributed by atoms with Crippen LogP contribution < -0.4 is 0 Å². The lowest BCUT2D eigenvalue weighted by Gasteiger charge is -2.23. The van der Waals surface area contributed by atoms with Gasteiger partial charge in [-0.15, -0.1) is 11.3 Å². The summed E-state index contributed by atoms with van der Waals surface area (Å²) in [6.45, 7) is 4.51. The molecule has 0 saturated heterocycles. The lowest BCUT2D eigenvalue weighted by Crippen LogP contribution is -2.27. The van der Waals surface area contributed by atoms with Crippen molar-refractivity contribution >= 4 is 11.3 Å². The van der Waals surface area contributed by atoms with Gasteiger partial charge in [0.15, 0.2) is 0 Å². The maximum absolute atomic E-state index is 5.54. The van der Waals surface area contributed by atoms with Gasteiger partial charge in [-0.2, -0.15) is 0 Å². The van der Waals surface area contributed by atoms with Crippen LogP contribution in [0.2, 0.25) is 0 Å². The van der Waals surface area contributed by atoms with E-state index >= 15 is 0 Å². The van der Waals surface area contributed by atoms with Gasteiger partial charge in [0, 0.05) is 18.4 Å². The Hall–Kier alpha value is -0.380. The number of thiophene rings is 1. The molecule has 0 fully saturated rings. The summed E-state index contributed by atoms with van der Waals surface area (Å²) >= 11 is 1.76. The summed E-state index contributed by atoms with van der Waals surface area (Å²) in [4.78, 5) is 1.35. The van der Waals surface area contributed by atoms with E-state index in [9.17, 15) is 0 Å². The lowest BCUT2D eigenvalue weighted by molar-refractivity contribution is -0.113. The lowest BCUT2D eigenvalue weighted by atomic mass is 10.0. The molecule has 0 aliphatic rings. The van der Waals surface area contributed by atoms with Gasteiger partial charge < -0.3 is 9.47 Å². The van der Waals surface area contributed by atoms with Crippen molar-refractivity contribution < 1.29 is 9.47 Å². The molecule has 0 bridgehead atoms. The molecule has 1 heterocycles. The Bertz CT molecular complexity index is 229. The van der Waals surface area contributed by atoms with E-state index in [4.69, 9.17) is 9.47 Å². The van der Waals surface area contributed by atoms with Crippen molar-refractivity contribution in [2.75, 3.05) is 13.9 Å². The maximum atomic E-state index is 5.54. The molecule has 1 rings (SSSR count). The Balaban J connectivity index is 2.42. The van der Waals surface area contributed by atoms with Crippen molar-refractivity contribution in [2.24, 2.45) is 0 Å². The third-order valence-electron chi connectivity index (χ3n) is 1.75. The molecule has 0 N–H and O–H groups in total. The molecule has 1 aromatic heterocycles. The zero-order chi connectivity index (χ0) is 9.73. The van der Waals surface area contributed by atoms with Crippen LogP contribution in [0.25, 0.3) is 0 Å². The van der Waals surface area contributed by atoms with Gasteiger partial charge >= 0.3 is 0 Å². The first-order chi connectivity index (χ1) is 6.14. The zero-order valence-electron chi connectivity index (χ0n) is 8.37. The molecule has 0 unspecified atom stereocenters. The Morgan fingerprint density at radius 1 is 1.46 bits per heavy atom. The van der Waals surface area contributed by atoms with E-state index in [1.165, 1.54) is 4.88 Å². The summed E-state index contributed by atoms with van der Waals surface area (Å²) in [7, 11) is 1.64. The summed E-state index contributed by atoms with van der Waals surface area (Å²) in [6.07, 6.45) is 0.939. The molecule has 1 aromatic rings.